The SMILES string of the molecule is CCNc1nc(-c2ccc(Cl)cn2)ncc1Br. The molecule has 0 amide bonds. The van der Waals surface area contributed by atoms with Crippen LogP contribution in [-0.4, -0.2) is 21.5 Å². The molecule has 2 rings (SSSR count). The molecule has 0 aliphatic carbocycles. The zero-order valence-corrected chi connectivity index (χ0v) is 11.5. The average molecular weight is 314 g/mol. The standard InChI is InChI=1S/C11H10BrClN4/c1-2-14-10-8(12)6-16-11(17-10)9-4-3-7(13)5-15-9/h3-6H,2H2,1H3,(H,14,16,17). The summed E-state index contributed by atoms with van der Waals surface area (Å²) in [5.74, 6) is 1.33. The van der Waals surface area contributed by atoms with Crippen LogP contribution in [0.15, 0.2) is 29.0 Å². The maximum absolute atomic E-state index is 5.78. The molecule has 0 radical (unpaired) electrons. The predicted molar refractivity (Wildman–Crippen MR) is 72.1 cm³/mol. The summed E-state index contributed by atoms with van der Waals surface area (Å²) in [7, 11) is 0. The molecule has 4 nitrogen and oxygen atoms in total. The van der Waals surface area contributed by atoms with Crippen LogP contribution in [0.4, 0.5) is 5.82 Å². The maximum Gasteiger partial charge on any atom is 0.180 e. The summed E-state index contributed by atoms with van der Waals surface area (Å²) in [6.45, 7) is 2.80. The van der Waals surface area contributed by atoms with E-state index in [0.717, 1.165) is 16.8 Å². The van der Waals surface area contributed by atoms with Crippen molar-refractivity contribution in [3.63, 3.8) is 0 Å². The number of halogens is 2. The molecule has 0 aliphatic heterocycles. The molecule has 0 spiro atoms. The number of hydrogen-bond acceptors (Lipinski definition) is 4. The molecule has 6 heteroatoms. The van der Waals surface area contributed by atoms with Crippen LogP contribution < -0.4 is 5.32 Å². The number of aromatic nitrogens is 3. The number of pyridine rings is 1. The lowest BCUT2D eigenvalue weighted by molar-refractivity contribution is 1.09. The Morgan fingerprint density at radius 3 is 2.76 bits per heavy atom. The molecular weight excluding hydrogens is 304 g/mol. The number of hydrogen-bond donors (Lipinski definition) is 1. The first-order chi connectivity index (χ1) is 8.20. The van der Waals surface area contributed by atoms with Gasteiger partial charge in [0.25, 0.3) is 0 Å². The molecule has 17 heavy (non-hydrogen) atoms. The quantitative estimate of drug-likeness (QED) is 0.943. The first-order valence-electron chi connectivity index (χ1n) is 5.09. The number of anilines is 1. The van der Waals surface area contributed by atoms with Crippen molar-refractivity contribution in [2.24, 2.45) is 0 Å². The minimum atomic E-state index is 0.570. The Hall–Kier alpha value is -1.20. The van der Waals surface area contributed by atoms with Gasteiger partial charge in [0.05, 0.1) is 9.50 Å². The summed E-state index contributed by atoms with van der Waals surface area (Å²) in [4.78, 5) is 12.8. The van der Waals surface area contributed by atoms with Gasteiger partial charge in [0.15, 0.2) is 5.82 Å². The molecule has 0 fully saturated rings. The molecule has 0 aromatic carbocycles. The van der Waals surface area contributed by atoms with Crippen molar-refractivity contribution in [2.45, 2.75) is 6.92 Å². The van der Waals surface area contributed by atoms with E-state index in [2.05, 4.69) is 36.2 Å². The highest BCUT2D eigenvalue weighted by atomic mass is 79.9. The fourth-order valence-electron chi connectivity index (χ4n) is 1.29. The van der Waals surface area contributed by atoms with Crippen LogP contribution >= 0.6 is 27.5 Å². The van der Waals surface area contributed by atoms with Gasteiger partial charge in [0.2, 0.25) is 0 Å². The molecular formula is C11H10BrClN4. The average Bonchev–Trinajstić information content (AvgIpc) is 2.33. The van der Waals surface area contributed by atoms with Gasteiger partial charge in [-0.05, 0) is 35.0 Å². The Kier molecular flexibility index (Phi) is 3.91. The zero-order chi connectivity index (χ0) is 12.3. The summed E-state index contributed by atoms with van der Waals surface area (Å²) in [5, 5.41) is 3.74. The normalized spacial score (nSPS) is 10.3. The van der Waals surface area contributed by atoms with Crippen molar-refractivity contribution in [1.82, 2.24) is 15.0 Å². The molecule has 2 heterocycles. The van der Waals surface area contributed by atoms with Crippen molar-refractivity contribution in [2.75, 3.05) is 11.9 Å². The van der Waals surface area contributed by atoms with E-state index in [9.17, 15) is 0 Å². The molecule has 0 atom stereocenters. The van der Waals surface area contributed by atoms with E-state index in [4.69, 9.17) is 11.6 Å². The van der Waals surface area contributed by atoms with Crippen molar-refractivity contribution in [1.29, 1.82) is 0 Å². The van der Waals surface area contributed by atoms with Crippen molar-refractivity contribution in [3.05, 3.63) is 34.0 Å². The van der Waals surface area contributed by atoms with Gasteiger partial charge in [-0.25, -0.2) is 9.97 Å². The van der Waals surface area contributed by atoms with Crippen molar-refractivity contribution < 1.29 is 0 Å². The molecule has 2 aromatic rings. The van der Waals surface area contributed by atoms with Crippen LogP contribution in [0.5, 0.6) is 0 Å². The first-order valence-corrected chi connectivity index (χ1v) is 6.26. The Morgan fingerprint density at radius 1 is 1.29 bits per heavy atom. The van der Waals surface area contributed by atoms with E-state index in [1.807, 2.05) is 6.92 Å². The van der Waals surface area contributed by atoms with Crippen LogP contribution in [0.3, 0.4) is 0 Å². The number of nitrogens with one attached hydrogen (secondary N) is 1. The van der Waals surface area contributed by atoms with Gasteiger partial charge in [0.1, 0.15) is 11.5 Å². The Morgan fingerprint density at radius 2 is 2.12 bits per heavy atom. The van der Waals surface area contributed by atoms with E-state index in [1.54, 1.807) is 24.5 Å². The van der Waals surface area contributed by atoms with Gasteiger partial charge < -0.3 is 5.32 Å². The van der Waals surface area contributed by atoms with E-state index in [0.29, 0.717) is 16.5 Å². The monoisotopic (exact) mass is 312 g/mol. The Bertz CT molecular complexity index is 515. The van der Waals surface area contributed by atoms with Gasteiger partial charge in [0, 0.05) is 18.9 Å². The van der Waals surface area contributed by atoms with Gasteiger partial charge in [-0.15, -0.1) is 0 Å². The summed E-state index contributed by atoms with van der Waals surface area (Å²) < 4.78 is 0.831. The molecule has 0 saturated carbocycles. The van der Waals surface area contributed by atoms with Gasteiger partial charge in [-0.1, -0.05) is 11.6 Å². The van der Waals surface area contributed by atoms with E-state index < -0.39 is 0 Å². The van der Waals surface area contributed by atoms with Gasteiger partial charge in [-0.3, -0.25) is 4.98 Å². The fourth-order valence-corrected chi connectivity index (χ4v) is 1.73. The van der Waals surface area contributed by atoms with E-state index in [1.165, 1.54) is 0 Å². The van der Waals surface area contributed by atoms with E-state index >= 15 is 0 Å². The second kappa shape index (κ2) is 5.42. The molecule has 88 valence electrons. The lowest BCUT2D eigenvalue weighted by atomic mass is 10.3. The third kappa shape index (κ3) is 2.92. The van der Waals surface area contributed by atoms with Gasteiger partial charge in [-0.2, -0.15) is 0 Å². The third-order valence-corrected chi connectivity index (χ3v) is 2.85. The smallest absolute Gasteiger partial charge is 0.180 e. The topological polar surface area (TPSA) is 50.7 Å². The highest BCUT2D eigenvalue weighted by Crippen LogP contribution is 2.22. The second-order valence-electron chi connectivity index (χ2n) is 3.28. The minimum absolute atomic E-state index is 0.570. The molecule has 2 aromatic heterocycles. The molecule has 1 N–H and O–H groups in total. The lowest BCUT2D eigenvalue weighted by Crippen LogP contribution is -2.02. The van der Waals surface area contributed by atoms with Crippen LogP contribution in [0.2, 0.25) is 5.02 Å². The lowest BCUT2D eigenvalue weighted by Gasteiger charge is -2.06. The predicted octanol–water partition coefficient (Wildman–Crippen LogP) is 3.39. The molecule has 0 saturated heterocycles. The molecule has 0 aliphatic rings. The van der Waals surface area contributed by atoms with Crippen LogP contribution in [-0.2, 0) is 0 Å². The fraction of sp³-hybridized carbons (Fsp3) is 0.182. The zero-order valence-electron chi connectivity index (χ0n) is 9.11. The highest BCUT2D eigenvalue weighted by Gasteiger charge is 2.07. The van der Waals surface area contributed by atoms with Crippen LogP contribution in [0.1, 0.15) is 6.92 Å². The van der Waals surface area contributed by atoms with Crippen LogP contribution in [0.25, 0.3) is 11.5 Å². The van der Waals surface area contributed by atoms with E-state index in [-0.39, 0.29) is 0 Å². The summed E-state index contributed by atoms with van der Waals surface area (Å²) in [5.41, 5.74) is 0.695. The Balaban J connectivity index is 2.39. The maximum atomic E-state index is 5.78. The third-order valence-electron chi connectivity index (χ3n) is 2.04. The van der Waals surface area contributed by atoms with Crippen molar-refractivity contribution in [3.8, 4) is 11.5 Å². The van der Waals surface area contributed by atoms with Crippen LogP contribution in [0, 0.1) is 0 Å². The largest absolute Gasteiger partial charge is 0.369 e. The summed E-state index contributed by atoms with van der Waals surface area (Å²) in [6, 6.07) is 3.56. The van der Waals surface area contributed by atoms with Crippen molar-refractivity contribution >= 4 is 33.3 Å². The summed E-state index contributed by atoms with van der Waals surface area (Å²) in [6.07, 6.45) is 3.28. The molecule has 0 unspecified atom stereocenters. The highest BCUT2D eigenvalue weighted by molar-refractivity contribution is 9.10. The second-order valence-corrected chi connectivity index (χ2v) is 4.57. The van der Waals surface area contributed by atoms with Gasteiger partial charge >= 0.3 is 0 Å². The number of nitrogens with zero attached hydrogens (tertiary/aromatic N) is 3. The Labute approximate surface area is 113 Å². The molecule has 0 bridgehead atoms. The number of rotatable bonds is 3. The summed E-state index contributed by atoms with van der Waals surface area (Å²) >= 11 is 9.17. The minimum Gasteiger partial charge on any atom is -0.369 e. The first kappa shape index (κ1) is 12.3.